The molecule has 2 aromatic rings. The van der Waals surface area contributed by atoms with Gasteiger partial charge in [-0.25, -0.2) is 0 Å². The first-order valence-corrected chi connectivity index (χ1v) is 8.83. The van der Waals surface area contributed by atoms with Crippen LogP contribution in [0.5, 0.6) is 0 Å². The van der Waals surface area contributed by atoms with Crippen LogP contribution >= 0.6 is 11.3 Å². The molecule has 0 aliphatic carbocycles. The number of rotatable bonds is 5. The van der Waals surface area contributed by atoms with Gasteiger partial charge in [0.1, 0.15) is 6.04 Å². The van der Waals surface area contributed by atoms with Crippen LogP contribution in [0, 0.1) is 5.92 Å². The number of nitrogens with zero attached hydrogens (tertiary/aromatic N) is 2. The van der Waals surface area contributed by atoms with Crippen LogP contribution in [-0.4, -0.2) is 29.3 Å². The highest BCUT2D eigenvalue weighted by Crippen LogP contribution is 2.30. The zero-order chi connectivity index (χ0) is 16.2. The SMILES string of the molecule is CC(C)c1noc([C@H](NC(=O)c2ccsc2)C2CCOCC2)n1. The van der Waals surface area contributed by atoms with E-state index in [9.17, 15) is 4.79 Å². The van der Waals surface area contributed by atoms with E-state index in [1.165, 1.54) is 11.3 Å². The first-order valence-electron chi connectivity index (χ1n) is 7.89. The Bertz CT molecular complexity index is 633. The number of aromatic nitrogens is 2. The number of thiophene rings is 1. The highest BCUT2D eigenvalue weighted by Gasteiger charge is 2.32. The van der Waals surface area contributed by atoms with Gasteiger partial charge in [-0.05, 0) is 30.2 Å². The van der Waals surface area contributed by atoms with Crippen molar-refractivity contribution in [1.82, 2.24) is 15.5 Å². The Kier molecular flexibility index (Phi) is 5.07. The molecule has 0 bridgehead atoms. The summed E-state index contributed by atoms with van der Waals surface area (Å²) >= 11 is 1.50. The van der Waals surface area contributed by atoms with Crippen LogP contribution in [0.3, 0.4) is 0 Å². The average Bonchev–Trinajstić information content (AvgIpc) is 3.24. The molecule has 2 aromatic heterocycles. The smallest absolute Gasteiger partial charge is 0.252 e. The lowest BCUT2D eigenvalue weighted by Gasteiger charge is -2.28. The third-order valence-electron chi connectivity index (χ3n) is 4.05. The minimum absolute atomic E-state index is 0.105. The lowest BCUT2D eigenvalue weighted by molar-refractivity contribution is 0.0468. The van der Waals surface area contributed by atoms with Crippen LogP contribution in [0.25, 0.3) is 0 Å². The number of nitrogens with one attached hydrogen (secondary N) is 1. The molecule has 0 saturated carbocycles. The number of hydrogen-bond donors (Lipinski definition) is 1. The monoisotopic (exact) mass is 335 g/mol. The fraction of sp³-hybridized carbons (Fsp3) is 0.562. The van der Waals surface area contributed by atoms with Gasteiger partial charge in [-0.2, -0.15) is 16.3 Å². The molecule has 1 aliphatic heterocycles. The zero-order valence-corrected chi connectivity index (χ0v) is 14.1. The third kappa shape index (κ3) is 3.79. The van der Waals surface area contributed by atoms with Crippen molar-refractivity contribution in [2.45, 2.75) is 38.6 Å². The predicted molar refractivity (Wildman–Crippen MR) is 86.5 cm³/mol. The summed E-state index contributed by atoms with van der Waals surface area (Å²) in [5.41, 5.74) is 0.663. The Morgan fingerprint density at radius 2 is 2.17 bits per heavy atom. The molecule has 7 heteroatoms. The fourth-order valence-electron chi connectivity index (χ4n) is 2.66. The minimum atomic E-state index is -0.272. The summed E-state index contributed by atoms with van der Waals surface area (Å²) in [7, 11) is 0. The predicted octanol–water partition coefficient (Wildman–Crippen LogP) is 3.15. The van der Waals surface area contributed by atoms with Crippen molar-refractivity contribution in [1.29, 1.82) is 0 Å². The lowest BCUT2D eigenvalue weighted by atomic mass is 9.91. The third-order valence-corrected chi connectivity index (χ3v) is 4.73. The van der Waals surface area contributed by atoms with Gasteiger partial charge in [-0.3, -0.25) is 4.79 Å². The van der Waals surface area contributed by atoms with E-state index in [4.69, 9.17) is 9.26 Å². The minimum Gasteiger partial charge on any atom is -0.381 e. The van der Waals surface area contributed by atoms with Crippen LogP contribution < -0.4 is 5.32 Å². The molecule has 1 N–H and O–H groups in total. The Balaban J connectivity index is 1.81. The first kappa shape index (κ1) is 16.1. The molecule has 3 rings (SSSR count). The Morgan fingerprint density at radius 3 is 2.78 bits per heavy atom. The van der Waals surface area contributed by atoms with Gasteiger partial charge in [0, 0.05) is 24.5 Å². The molecule has 0 aromatic carbocycles. The molecular formula is C16H21N3O3S. The van der Waals surface area contributed by atoms with Crippen molar-refractivity contribution in [3.8, 4) is 0 Å². The van der Waals surface area contributed by atoms with Crippen LogP contribution in [0.15, 0.2) is 21.3 Å². The number of carbonyl (C=O) groups excluding carboxylic acids is 1. The molecule has 0 unspecified atom stereocenters. The molecule has 1 saturated heterocycles. The van der Waals surface area contributed by atoms with Crippen molar-refractivity contribution in [3.63, 3.8) is 0 Å². The van der Waals surface area contributed by atoms with E-state index in [1.54, 1.807) is 0 Å². The van der Waals surface area contributed by atoms with E-state index in [1.807, 2.05) is 30.7 Å². The molecule has 1 fully saturated rings. The summed E-state index contributed by atoms with van der Waals surface area (Å²) in [6, 6.07) is 1.54. The van der Waals surface area contributed by atoms with Gasteiger partial charge in [0.25, 0.3) is 5.91 Å². The largest absolute Gasteiger partial charge is 0.381 e. The molecule has 6 nitrogen and oxygen atoms in total. The second-order valence-electron chi connectivity index (χ2n) is 6.06. The van der Waals surface area contributed by atoms with Gasteiger partial charge < -0.3 is 14.6 Å². The Hall–Kier alpha value is -1.73. The zero-order valence-electron chi connectivity index (χ0n) is 13.3. The summed E-state index contributed by atoms with van der Waals surface area (Å²) in [4.78, 5) is 16.9. The van der Waals surface area contributed by atoms with Gasteiger partial charge >= 0.3 is 0 Å². The molecule has 1 atom stereocenters. The highest BCUT2D eigenvalue weighted by atomic mass is 32.1. The van der Waals surface area contributed by atoms with Crippen molar-refractivity contribution >= 4 is 17.2 Å². The van der Waals surface area contributed by atoms with E-state index in [2.05, 4.69) is 15.5 Å². The van der Waals surface area contributed by atoms with E-state index in [0.29, 0.717) is 30.5 Å². The van der Waals surface area contributed by atoms with E-state index in [0.717, 1.165) is 12.8 Å². The van der Waals surface area contributed by atoms with Crippen LogP contribution in [0.2, 0.25) is 0 Å². The number of ether oxygens (including phenoxy) is 1. The molecule has 124 valence electrons. The maximum atomic E-state index is 12.4. The highest BCUT2D eigenvalue weighted by molar-refractivity contribution is 7.08. The van der Waals surface area contributed by atoms with Crippen LogP contribution in [0.1, 0.15) is 60.7 Å². The summed E-state index contributed by atoms with van der Waals surface area (Å²) in [5.74, 6) is 1.49. The Labute approximate surface area is 139 Å². The Morgan fingerprint density at radius 1 is 1.39 bits per heavy atom. The van der Waals surface area contributed by atoms with Gasteiger partial charge in [0.05, 0.1) is 5.56 Å². The number of hydrogen-bond acceptors (Lipinski definition) is 6. The first-order chi connectivity index (χ1) is 11.1. The molecule has 3 heterocycles. The summed E-state index contributed by atoms with van der Waals surface area (Å²) in [6.45, 7) is 5.42. The van der Waals surface area contributed by atoms with Gasteiger partial charge in [0.2, 0.25) is 5.89 Å². The number of amides is 1. The van der Waals surface area contributed by atoms with E-state index >= 15 is 0 Å². The van der Waals surface area contributed by atoms with Gasteiger partial charge in [0.15, 0.2) is 5.82 Å². The van der Waals surface area contributed by atoms with Gasteiger partial charge in [-0.1, -0.05) is 19.0 Å². The molecule has 23 heavy (non-hydrogen) atoms. The van der Waals surface area contributed by atoms with Crippen molar-refractivity contribution in [3.05, 3.63) is 34.1 Å². The molecule has 0 radical (unpaired) electrons. The standard InChI is InChI=1S/C16H21N3O3S/c1-10(2)14-18-16(22-19-14)13(11-3-6-21-7-4-11)17-15(20)12-5-8-23-9-12/h5,8-11,13H,3-4,6-7H2,1-2H3,(H,17,20)/t13-/m1/s1. The van der Waals surface area contributed by atoms with Crippen LogP contribution in [-0.2, 0) is 4.74 Å². The summed E-state index contributed by atoms with van der Waals surface area (Å²) in [5, 5.41) is 10.8. The summed E-state index contributed by atoms with van der Waals surface area (Å²) < 4.78 is 10.9. The normalized spacial score (nSPS) is 17.3. The average molecular weight is 335 g/mol. The lowest BCUT2D eigenvalue weighted by Crippen LogP contribution is -2.36. The molecule has 1 aliphatic rings. The van der Waals surface area contributed by atoms with Crippen molar-refractivity contribution in [2.24, 2.45) is 5.92 Å². The fourth-order valence-corrected chi connectivity index (χ4v) is 3.29. The molecule has 0 spiro atoms. The molecular weight excluding hydrogens is 314 g/mol. The van der Waals surface area contributed by atoms with Crippen LogP contribution in [0.4, 0.5) is 0 Å². The quantitative estimate of drug-likeness (QED) is 0.908. The molecule has 1 amide bonds. The number of carbonyl (C=O) groups is 1. The van der Waals surface area contributed by atoms with Crippen molar-refractivity contribution < 1.29 is 14.1 Å². The van der Waals surface area contributed by atoms with Gasteiger partial charge in [-0.15, -0.1) is 0 Å². The maximum Gasteiger partial charge on any atom is 0.252 e. The topological polar surface area (TPSA) is 77.2 Å². The second kappa shape index (κ2) is 7.23. The van der Waals surface area contributed by atoms with E-state index in [-0.39, 0.29) is 23.8 Å². The second-order valence-corrected chi connectivity index (χ2v) is 6.84. The summed E-state index contributed by atoms with van der Waals surface area (Å²) in [6.07, 6.45) is 1.74. The van der Waals surface area contributed by atoms with Crippen molar-refractivity contribution in [2.75, 3.05) is 13.2 Å². The maximum absolute atomic E-state index is 12.4. The van der Waals surface area contributed by atoms with E-state index < -0.39 is 0 Å².